The molecule has 0 bridgehead atoms. The van der Waals surface area contributed by atoms with Crippen LogP contribution in [0.5, 0.6) is 0 Å². The molecular formula is C14H23NO5S. The first-order valence-corrected chi connectivity index (χ1v) is 9.18. The number of likely N-dealkylation sites (tertiary alicyclic amines) is 1. The molecule has 1 N–H and O–H groups in total. The van der Waals surface area contributed by atoms with Crippen LogP contribution in [-0.4, -0.2) is 54.4 Å². The van der Waals surface area contributed by atoms with Gasteiger partial charge in [-0.15, -0.1) is 0 Å². The molecule has 21 heavy (non-hydrogen) atoms. The van der Waals surface area contributed by atoms with Gasteiger partial charge in [-0.05, 0) is 31.6 Å². The Bertz CT molecular complexity index is 564. The molecule has 1 unspecified atom stereocenters. The van der Waals surface area contributed by atoms with Gasteiger partial charge in [0.15, 0.2) is 14.6 Å². The molecule has 0 spiro atoms. The minimum atomic E-state index is -3.48. The van der Waals surface area contributed by atoms with Crippen LogP contribution in [0.15, 0.2) is 0 Å². The van der Waals surface area contributed by atoms with Crippen molar-refractivity contribution in [2.24, 2.45) is 11.3 Å². The summed E-state index contributed by atoms with van der Waals surface area (Å²) < 4.78 is 22.7. The largest absolute Gasteiger partial charge is 0.481 e. The SMILES string of the molecule is CC(C)C1(C(=O)O)CCN(C(=O)C2(S(C)(=O)=O)CCC2)C1. The van der Waals surface area contributed by atoms with Gasteiger partial charge in [0.2, 0.25) is 5.91 Å². The van der Waals surface area contributed by atoms with Crippen LogP contribution in [0.4, 0.5) is 0 Å². The van der Waals surface area contributed by atoms with Crippen LogP contribution >= 0.6 is 0 Å². The van der Waals surface area contributed by atoms with Gasteiger partial charge >= 0.3 is 5.97 Å². The summed E-state index contributed by atoms with van der Waals surface area (Å²) in [5, 5.41) is 9.51. The van der Waals surface area contributed by atoms with Crippen molar-refractivity contribution in [1.29, 1.82) is 0 Å². The summed E-state index contributed by atoms with van der Waals surface area (Å²) in [6.07, 6.45) is 2.91. The predicted octanol–water partition coefficient (Wildman–Crippen LogP) is 0.913. The molecular weight excluding hydrogens is 294 g/mol. The lowest BCUT2D eigenvalue weighted by Gasteiger charge is -2.41. The van der Waals surface area contributed by atoms with E-state index in [2.05, 4.69) is 0 Å². The molecule has 1 heterocycles. The Morgan fingerprint density at radius 2 is 1.76 bits per heavy atom. The molecule has 2 aliphatic rings. The maximum absolute atomic E-state index is 12.7. The van der Waals surface area contributed by atoms with Crippen LogP contribution < -0.4 is 0 Å². The summed E-state index contributed by atoms with van der Waals surface area (Å²) >= 11 is 0. The Kier molecular flexibility index (Phi) is 3.85. The minimum absolute atomic E-state index is 0.107. The fourth-order valence-electron chi connectivity index (χ4n) is 3.43. The Balaban J connectivity index is 2.26. The molecule has 0 aromatic heterocycles. The van der Waals surface area contributed by atoms with E-state index in [0.717, 1.165) is 12.7 Å². The number of carboxylic acid groups (broad SMARTS) is 1. The van der Waals surface area contributed by atoms with Gasteiger partial charge in [-0.2, -0.15) is 0 Å². The lowest BCUT2D eigenvalue weighted by atomic mass is 9.76. The number of sulfone groups is 1. The molecule has 0 aromatic rings. The van der Waals surface area contributed by atoms with Gasteiger partial charge in [-0.3, -0.25) is 9.59 Å². The van der Waals surface area contributed by atoms with Crippen LogP contribution in [0.1, 0.15) is 39.5 Å². The second-order valence-corrected chi connectivity index (χ2v) is 9.04. The lowest BCUT2D eigenvalue weighted by molar-refractivity contribution is -0.151. The molecule has 120 valence electrons. The quantitative estimate of drug-likeness (QED) is 0.832. The highest BCUT2D eigenvalue weighted by Crippen LogP contribution is 2.44. The normalized spacial score (nSPS) is 28.5. The maximum Gasteiger partial charge on any atom is 0.311 e. The van der Waals surface area contributed by atoms with Crippen molar-refractivity contribution in [3.8, 4) is 0 Å². The molecule has 7 heteroatoms. The molecule has 1 atom stereocenters. The van der Waals surface area contributed by atoms with E-state index >= 15 is 0 Å². The van der Waals surface area contributed by atoms with Gasteiger partial charge in [-0.25, -0.2) is 8.42 Å². The molecule has 1 aliphatic heterocycles. The first kappa shape index (κ1) is 16.3. The number of rotatable bonds is 4. The third kappa shape index (κ3) is 2.25. The van der Waals surface area contributed by atoms with E-state index in [1.807, 2.05) is 13.8 Å². The number of carbonyl (C=O) groups is 2. The Morgan fingerprint density at radius 1 is 1.19 bits per heavy atom. The maximum atomic E-state index is 12.7. The van der Waals surface area contributed by atoms with Gasteiger partial charge in [0, 0.05) is 19.3 Å². The number of carboxylic acids is 1. The van der Waals surface area contributed by atoms with Crippen LogP contribution in [0, 0.1) is 11.3 Å². The minimum Gasteiger partial charge on any atom is -0.481 e. The zero-order chi connectivity index (χ0) is 16.1. The van der Waals surface area contributed by atoms with E-state index in [1.165, 1.54) is 4.90 Å². The van der Waals surface area contributed by atoms with Gasteiger partial charge in [0.05, 0.1) is 5.41 Å². The third-order valence-corrected chi connectivity index (χ3v) is 7.38. The second kappa shape index (κ2) is 4.97. The van der Waals surface area contributed by atoms with E-state index < -0.39 is 31.9 Å². The summed E-state index contributed by atoms with van der Waals surface area (Å²) in [5.74, 6) is -1.42. The molecule has 0 aromatic carbocycles. The van der Waals surface area contributed by atoms with Crippen LogP contribution in [-0.2, 0) is 19.4 Å². The van der Waals surface area contributed by atoms with E-state index in [4.69, 9.17) is 0 Å². The first-order chi connectivity index (χ1) is 9.57. The topological polar surface area (TPSA) is 91.8 Å². The Labute approximate surface area is 125 Å². The molecule has 1 aliphatic carbocycles. The van der Waals surface area contributed by atoms with E-state index in [-0.39, 0.29) is 12.5 Å². The van der Waals surface area contributed by atoms with Gasteiger partial charge in [-0.1, -0.05) is 13.8 Å². The highest BCUT2D eigenvalue weighted by molar-refractivity contribution is 7.93. The van der Waals surface area contributed by atoms with Crippen molar-refractivity contribution in [2.45, 2.75) is 44.3 Å². The number of aliphatic carboxylic acids is 1. The summed E-state index contributed by atoms with van der Waals surface area (Å²) in [4.78, 5) is 25.7. The molecule has 6 nitrogen and oxygen atoms in total. The van der Waals surface area contributed by atoms with Crippen LogP contribution in [0.25, 0.3) is 0 Å². The average molecular weight is 317 g/mol. The highest BCUT2D eigenvalue weighted by Gasteiger charge is 2.57. The smallest absolute Gasteiger partial charge is 0.311 e. The zero-order valence-corrected chi connectivity index (χ0v) is 13.6. The Morgan fingerprint density at radius 3 is 2.05 bits per heavy atom. The third-order valence-electron chi connectivity index (χ3n) is 5.38. The van der Waals surface area contributed by atoms with Crippen molar-refractivity contribution < 1.29 is 23.1 Å². The molecule has 0 radical (unpaired) electrons. The number of amides is 1. The van der Waals surface area contributed by atoms with Crippen LogP contribution in [0.2, 0.25) is 0 Å². The van der Waals surface area contributed by atoms with E-state index in [1.54, 1.807) is 0 Å². The van der Waals surface area contributed by atoms with Crippen molar-refractivity contribution in [2.75, 3.05) is 19.3 Å². The Hall–Kier alpha value is -1.11. The molecule has 1 saturated carbocycles. The molecule has 1 saturated heterocycles. The van der Waals surface area contributed by atoms with Crippen molar-refractivity contribution in [3.63, 3.8) is 0 Å². The van der Waals surface area contributed by atoms with E-state index in [0.29, 0.717) is 25.8 Å². The second-order valence-electron chi connectivity index (χ2n) is 6.71. The average Bonchev–Trinajstić information content (AvgIpc) is 2.70. The summed E-state index contributed by atoms with van der Waals surface area (Å²) in [6, 6.07) is 0. The van der Waals surface area contributed by atoms with Gasteiger partial charge < -0.3 is 10.0 Å². The van der Waals surface area contributed by atoms with Crippen molar-refractivity contribution in [1.82, 2.24) is 4.90 Å². The lowest BCUT2D eigenvalue weighted by Crippen LogP contribution is -2.58. The fraction of sp³-hybridized carbons (Fsp3) is 0.857. The first-order valence-electron chi connectivity index (χ1n) is 7.29. The predicted molar refractivity (Wildman–Crippen MR) is 77.5 cm³/mol. The van der Waals surface area contributed by atoms with Crippen molar-refractivity contribution in [3.05, 3.63) is 0 Å². The number of carbonyl (C=O) groups excluding carboxylic acids is 1. The highest BCUT2D eigenvalue weighted by atomic mass is 32.2. The molecule has 2 rings (SSSR count). The number of hydrogen-bond acceptors (Lipinski definition) is 4. The van der Waals surface area contributed by atoms with Crippen molar-refractivity contribution >= 4 is 21.7 Å². The monoisotopic (exact) mass is 317 g/mol. The molecule has 2 fully saturated rings. The molecule has 1 amide bonds. The number of nitrogens with zero attached hydrogens (tertiary/aromatic N) is 1. The zero-order valence-electron chi connectivity index (χ0n) is 12.8. The fourth-order valence-corrected chi connectivity index (χ4v) is 4.91. The summed E-state index contributed by atoms with van der Waals surface area (Å²) in [7, 11) is -3.48. The van der Waals surface area contributed by atoms with Gasteiger partial charge in [0.25, 0.3) is 0 Å². The van der Waals surface area contributed by atoms with Crippen LogP contribution in [0.3, 0.4) is 0 Å². The standard InChI is InChI=1S/C14H23NO5S/c1-10(2)13(12(17)18)7-8-15(9-13)11(16)14(5-4-6-14)21(3,19)20/h10H,4-9H2,1-3H3,(H,17,18). The summed E-state index contributed by atoms with van der Waals surface area (Å²) in [6.45, 7) is 4.09. The summed E-state index contributed by atoms with van der Waals surface area (Å²) in [5.41, 5.74) is -0.960. The number of hydrogen-bond donors (Lipinski definition) is 1. The van der Waals surface area contributed by atoms with E-state index in [9.17, 15) is 23.1 Å². The van der Waals surface area contributed by atoms with Gasteiger partial charge in [0.1, 0.15) is 0 Å².